The van der Waals surface area contributed by atoms with E-state index in [1.165, 1.54) is 0 Å². The second kappa shape index (κ2) is 8.67. The first-order valence-electron chi connectivity index (χ1n) is 8.52. The van der Waals surface area contributed by atoms with Crippen LogP contribution in [0.25, 0.3) is 0 Å². The molecule has 135 valence electrons. The molecule has 2 amide bonds. The molecule has 3 aromatic carbocycles. The molecule has 0 heterocycles. The Kier molecular flexibility index (Phi) is 5.84. The number of carbonyl (C=O) groups excluding carboxylic acids is 2. The van der Waals surface area contributed by atoms with Crippen LogP contribution in [-0.4, -0.2) is 12.0 Å². The molecule has 0 aliphatic heterocycles. The SMILES string of the molecule is [NH]C(=O)C(NC(=O)OC(c1ccccc1)c1ccccc1)c1ccccc1. The Morgan fingerprint density at radius 2 is 1.11 bits per heavy atom. The minimum absolute atomic E-state index is 0.533. The highest BCUT2D eigenvalue weighted by Crippen LogP contribution is 2.26. The fourth-order valence-corrected chi connectivity index (χ4v) is 2.79. The van der Waals surface area contributed by atoms with Crippen molar-refractivity contribution in [3.63, 3.8) is 0 Å². The van der Waals surface area contributed by atoms with Gasteiger partial charge in [0, 0.05) is 0 Å². The van der Waals surface area contributed by atoms with Crippen LogP contribution in [0.4, 0.5) is 4.79 Å². The molecule has 0 spiro atoms. The predicted molar refractivity (Wildman–Crippen MR) is 102 cm³/mol. The van der Waals surface area contributed by atoms with Crippen LogP contribution in [-0.2, 0) is 9.53 Å². The van der Waals surface area contributed by atoms with Crippen LogP contribution in [0, 0.1) is 0 Å². The third kappa shape index (κ3) is 4.73. The van der Waals surface area contributed by atoms with Gasteiger partial charge >= 0.3 is 6.09 Å². The van der Waals surface area contributed by atoms with Gasteiger partial charge in [-0.15, -0.1) is 0 Å². The Labute approximate surface area is 157 Å². The molecule has 0 saturated heterocycles. The molecular weight excluding hydrogens is 340 g/mol. The molecule has 0 bridgehead atoms. The van der Waals surface area contributed by atoms with Gasteiger partial charge in [0.2, 0.25) is 0 Å². The highest BCUT2D eigenvalue weighted by molar-refractivity contribution is 5.85. The molecule has 0 aliphatic carbocycles. The standard InChI is InChI=1S/C22H19N2O3/c23-21(25)19(16-10-4-1-5-11-16)24-22(26)27-20(17-12-6-2-7-13-17)18-14-8-3-9-15-18/h1-15,19-20,23H,(H,24,26). The summed E-state index contributed by atoms with van der Waals surface area (Å²) in [5.74, 6) is -0.908. The number of carbonyl (C=O) groups is 2. The average molecular weight is 359 g/mol. The maximum absolute atomic E-state index is 12.5. The van der Waals surface area contributed by atoms with Gasteiger partial charge in [0.15, 0.2) is 6.10 Å². The molecule has 0 aliphatic rings. The lowest BCUT2D eigenvalue weighted by molar-refractivity contribution is -0.120. The number of rotatable bonds is 6. The number of ether oxygens (including phenoxy) is 1. The van der Waals surface area contributed by atoms with E-state index in [4.69, 9.17) is 10.5 Å². The largest absolute Gasteiger partial charge is 0.436 e. The molecule has 5 nitrogen and oxygen atoms in total. The van der Waals surface area contributed by atoms with E-state index in [0.29, 0.717) is 5.56 Å². The van der Waals surface area contributed by atoms with Crippen LogP contribution < -0.4 is 11.1 Å². The second-order valence-corrected chi connectivity index (χ2v) is 5.96. The molecule has 1 atom stereocenters. The van der Waals surface area contributed by atoms with Gasteiger partial charge in [-0.2, -0.15) is 0 Å². The van der Waals surface area contributed by atoms with Crippen LogP contribution in [0.1, 0.15) is 28.8 Å². The summed E-state index contributed by atoms with van der Waals surface area (Å²) >= 11 is 0. The maximum atomic E-state index is 12.5. The maximum Gasteiger partial charge on any atom is 0.409 e. The zero-order valence-electron chi connectivity index (χ0n) is 14.5. The van der Waals surface area contributed by atoms with Crippen molar-refractivity contribution in [3.8, 4) is 0 Å². The topological polar surface area (TPSA) is 79.2 Å². The molecule has 2 N–H and O–H groups in total. The Hall–Kier alpha value is -3.60. The van der Waals surface area contributed by atoms with Gasteiger partial charge in [0.05, 0.1) is 0 Å². The summed E-state index contributed by atoms with van der Waals surface area (Å²) in [6.45, 7) is 0. The number of benzene rings is 3. The lowest BCUT2D eigenvalue weighted by Crippen LogP contribution is -2.35. The molecule has 1 unspecified atom stereocenters. The Balaban J connectivity index is 1.81. The van der Waals surface area contributed by atoms with Gasteiger partial charge in [0.1, 0.15) is 6.04 Å². The third-order valence-electron chi connectivity index (χ3n) is 4.09. The molecule has 3 aromatic rings. The fourth-order valence-electron chi connectivity index (χ4n) is 2.79. The van der Waals surface area contributed by atoms with E-state index in [2.05, 4.69) is 5.32 Å². The minimum Gasteiger partial charge on any atom is -0.436 e. The van der Waals surface area contributed by atoms with Crippen molar-refractivity contribution in [1.82, 2.24) is 11.1 Å². The molecule has 0 aromatic heterocycles. The van der Waals surface area contributed by atoms with Crippen LogP contribution in [0.2, 0.25) is 0 Å². The van der Waals surface area contributed by atoms with Crippen LogP contribution in [0.15, 0.2) is 91.0 Å². The van der Waals surface area contributed by atoms with E-state index in [1.807, 2.05) is 60.7 Å². The lowest BCUT2D eigenvalue weighted by atomic mass is 10.0. The van der Waals surface area contributed by atoms with Crippen molar-refractivity contribution < 1.29 is 14.3 Å². The molecule has 0 saturated carbocycles. The number of alkyl carbamates (subject to hydrolysis) is 1. The molecule has 3 rings (SSSR count). The van der Waals surface area contributed by atoms with Gasteiger partial charge in [-0.25, -0.2) is 4.79 Å². The molecule has 1 radical (unpaired) electrons. The lowest BCUT2D eigenvalue weighted by Gasteiger charge is -2.21. The monoisotopic (exact) mass is 359 g/mol. The Morgan fingerprint density at radius 1 is 0.704 bits per heavy atom. The quantitative estimate of drug-likeness (QED) is 0.721. The van der Waals surface area contributed by atoms with Gasteiger partial charge < -0.3 is 10.1 Å². The van der Waals surface area contributed by atoms with E-state index in [1.54, 1.807) is 30.3 Å². The van der Waals surface area contributed by atoms with Gasteiger partial charge in [-0.1, -0.05) is 91.0 Å². The first-order valence-corrected chi connectivity index (χ1v) is 8.52. The number of amides is 2. The zero-order chi connectivity index (χ0) is 19.1. The van der Waals surface area contributed by atoms with Crippen LogP contribution >= 0.6 is 0 Å². The smallest absolute Gasteiger partial charge is 0.409 e. The first kappa shape index (κ1) is 18.2. The summed E-state index contributed by atoms with van der Waals surface area (Å²) < 4.78 is 5.64. The normalized spacial score (nSPS) is 11.6. The van der Waals surface area contributed by atoms with E-state index < -0.39 is 24.1 Å². The van der Waals surface area contributed by atoms with Crippen molar-refractivity contribution >= 4 is 12.0 Å². The van der Waals surface area contributed by atoms with Gasteiger partial charge in [0.25, 0.3) is 5.91 Å². The Bertz CT molecular complexity index is 844. The first-order chi connectivity index (χ1) is 13.1. The fraction of sp³-hybridized carbons (Fsp3) is 0.0909. The summed E-state index contributed by atoms with van der Waals surface area (Å²) in [5, 5.41) is 2.50. The highest BCUT2D eigenvalue weighted by Gasteiger charge is 2.24. The summed E-state index contributed by atoms with van der Waals surface area (Å²) in [5.41, 5.74) is 9.62. The van der Waals surface area contributed by atoms with E-state index in [0.717, 1.165) is 11.1 Å². The number of hydrogen-bond donors (Lipinski definition) is 1. The Morgan fingerprint density at radius 3 is 1.52 bits per heavy atom. The minimum atomic E-state index is -1.08. The van der Waals surface area contributed by atoms with Crippen molar-refractivity contribution in [2.24, 2.45) is 0 Å². The predicted octanol–water partition coefficient (Wildman–Crippen LogP) is 4.05. The summed E-state index contributed by atoms with van der Waals surface area (Å²) in [7, 11) is 0. The van der Waals surface area contributed by atoms with Crippen molar-refractivity contribution in [3.05, 3.63) is 108 Å². The van der Waals surface area contributed by atoms with Crippen LogP contribution in [0.5, 0.6) is 0 Å². The third-order valence-corrected chi connectivity index (χ3v) is 4.09. The highest BCUT2D eigenvalue weighted by atomic mass is 16.6. The zero-order valence-corrected chi connectivity index (χ0v) is 14.5. The summed E-state index contributed by atoms with van der Waals surface area (Å²) in [6.07, 6.45) is -1.38. The molecule has 0 fully saturated rings. The van der Waals surface area contributed by atoms with Crippen molar-refractivity contribution in [2.45, 2.75) is 12.1 Å². The molecular formula is C22H19N2O3. The number of hydrogen-bond acceptors (Lipinski definition) is 3. The summed E-state index contributed by atoms with van der Waals surface area (Å²) in [6, 6.07) is 26.3. The molecule has 27 heavy (non-hydrogen) atoms. The van der Waals surface area contributed by atoms with Crippen LogP contribution in [0.3, 0.4) is 0 Å². The van der Waals surface area contributed by atoms with Gasteiger partial charge in [-0.05, 0) is 16.7 Å². The van der Waals surface area contributed by atoms with Crippen molar-refractivity contribution in [1.29, 1.82) is 0 Å². The summed E-state index contributed by atoms with van der Waals surface area (Å²) in [4.78, 5) is 24.2. The second-order valence-electron chi connectivity index (χ2n) is 5.96. The van der Waals surface area contributed by atoms with E-state index >= 15 is 0 Å². The molecule has 5 heteroatoms. The number of nitrogens with one attached hydrogen (secondary N) is 2. The van der Waals surface area contributed by atoms with Crippen molar-refractivity contribution in [2.75, 3.05) is 0 Å². The average Bonchev–Trinajstić information content (AvgIpc) is 2.72. The van der Waals surface area contributed by atoms with E-state index in [9.17, 15) is 9.59 Å². The van der Waals surface area contributed by atoms with Gasteiger partial charge in [-0.3, -0.25) is 10.5 Å². The van der Waals surface area contributed by atoms with E-state index in [-0.39, 0.29) is 0 Å².